The van der Waals surface area contributed by atoms with E-state index >= 15 is 0 Å². The summed E-state index contributed by atoms with van der Waals surface area (Å²) >= 11 is 0. The lowest BCUT2D eigenvalue weighted by molar-refractivity contribution is -0.137. The minimum absolute atomic E-state index is 0.0260. The van der Waals surface area contributed by atoms with E-state index in [4.69, 9.17) is 4.74 Å². The molecule has 2 aromatic carbocycles. The monoisotopic (exact) mass is 305 g/mol. The highest BCUT2D eigenvalue weighted by molar-refractivity contribution is 6.73. The second kappa shape index (κ2) is 5.35. The molecule has 0 atom stereocenters. The van der Waals surface area contributed by atoms with Crippen molar-refractivity contribution in [2.45, 2.75) is 6.18 Å². The van der Waals surface area contributed by atoms with Crippen LogP contribution in [0.2, 0.25) is 0 Å². The number of hydrogen-bond acceptors (Lipinski definition) is 1. The van der Waals surface area contributed by atoms with Gasteiger partial charge >= 0.3 is 13.2 Å². The number of hydrogen-bond donors (Lipinski definition) is 0. The Morgan fingerprint density at radius 1 is 0.810 bits per heavy atom. The van der Waals surface area contributed by atoms with Gasteiger partial charge in [-0.25, -0.2) is 0 Å². The fourth-order valence-corrected chi connectivity index (χ4v) is 1.63. The van der Waals surface area contributed by atoms with Gasteiger partial charge in [0, 0.05) is 0 Å². The minimum atomic E-state index is -5.11. The molecule has 0 unspecified atom stereocenters. The molecule has 0 radical (unpaired) electrons. The van der Waals surface area contributed by atoms with Crippen molar-refractivity contribution >= 4 is 12.4 Å². The molecule has 0 aliphatic carbocycles. The summed E-state index contributed by atoms with van der Waals surface area (Å²) < 4.78 is 79.9. The standard InChI is InChI=1S/C13H8BF6O/c15-13(16,17)9-2-1-3-12(8-9)21-11-6-4-10(5-7-11)14(18,19)20/h1-8H/q-1. The molecule has 0 aliphatic heterocycles. The molecule has 0 bridgehead atoms. The van der Waals surface area contributed by atoms with Crippen molar-refractivity contribution in [3.63, 3.8) is 0 Å². The number of alkyl halides is 3. The normalized spacial score (nSPS) is 12.3. The molecule has 2 rings (SSSR count). The third-order valence-corrected chi connectivity index (χ3v) is 2.66. The Balaban J connectivity index is 2.19. The first-order valence-corrected chi connectivity index (χ1v) is 5.81. The largest absolute Gasteiger partial charge is 0.509 e. The summed E-state index contributed by atoms with van der Waals surface area (Å²) in [5.41, 5.74) is -1.69. The van der Waals surface area contributed by atoms with E-state index in [0.29, 0.717) is 0 Å². The summed E-state index contributed by atoms with van der Waals surface area (Å²) in [7, 11) is 0. The maximum absolute atomic E-state index is 12.5. The van der Waals surface area contributed by atoms with Gasteiger partial charge in [0.05, 0.1) is 5.56 Å². The molecule has 21 heavy (non-hydrogen) atoms. The van der Waals surface area contributed by atoms with Gasteiger partial charge in [-0.3, -0.25) is 0 Å². The van der Waals surface area contributed by atoms with Gasteiger partial charge in [0.25, 0.3) is 0 Å². The Kier molecular flexibility index (Phi) is 3.89. The summed E-state index contributed by atoms with van der Waals surface area (Å²) in [6.45, 7) is -5.11. The lowest BCUT2D eigenvalue weighted by atomic mass is 9.80. The third-order valence-electron chi connectivity index (χ3n) is 2.66. The SMILES string of the molecule is F[B-](F)(F)c1ccc(Oc2cccc(C(F)(F)F)c2)cc1. The van der Waals surface area contributed by atoms with Gasteiger partial charge in [-0.2, -0.15) is 13.2 Å². The van der Waals surface area contributed by atoms with Crippen LogP contribution in [0.5, 0.6) is 11.5 Å². The molecule has 0 saturated heterocycles. The van der Waals surface area contributed by atoms with Crippen molar-refractivity contribution in [1.29, 1.82) is 0 Å². The first kappa shape index (κ1) is 15.3. The van der Waals surface area contributed by atoms with Crippen LogP contribution in [-0.2, 0) is 6.18 Å². The zero-order valence-corrected chi connectivity index (χ0v) is 10.4. The maximum Gasteiger partial charge on any atom is 0.509 e. The fraction of sp³-hybridized carbons (Fsp3) is 0.0769. The minimum Gasteiger partial charge on any atom is -0.457 e. The molecule has 0 spiro atoms. The summed E-state index contributed by atoms with van der Waals surface area (Å²) in [6.07, 6.45) is -4.51. The lowest BCUT2D eigenvalue weighted by Crippen LogP contribution is -2.33. The molecule has 2 aromatic rings. The van der Waals surface area contributed by atoms with E-state index in [0.717, 1.165) is 42.5 Å². The van der Waals surface area contributed by atoms with Gasteiger partial charge in [-0.1, -0.05) is 18.2 Å². The summed E-state index contributed by atoms with van der Waals surface area (Å²) in [5.74, 6) is -0.0757. The van der Waals surface area contributed by atoms with Crippen LogP contribution < -0.4 is 10.2 Å². The molecule has 0 aromatic heterocycles. The van der Waals surface area contributed by atoms with Crippen LogP contribution in [0.25, 0.3) is 0 Å². The molecule has 0 amide bonds. The fourth-order valence-electron chi connectivity index (χ4n) is 1.63. The highest BCUT2D eigenvalue weighted by atomic mass is 19.4. The van der Waals surface area contributed by atoms with Gasteiger partial charge in [-0.05, 0) is 30.3 Å². The van der Waals surface area contributed by atoms with Gasteiger partial charge in [-0.15, -0.1) is 5.46 Å². The first-order valence-electron chi connectivity index (χ1n) is 5.81. The molecule has 8 heteroatoms. The van der Waals surface area contributed by atoms with Crippen LogP contribution in [0, 0.1) is 0 Å². The highest BCUT2D eigenvalue weighted by Crippen LogP contribution is 2.32. The molecular weight excluding hydrogens is 297 g/mol. The molecule has 112 valence electrons. The summed E-state index contributed by atoms with van der Waals surface area (Å²) in [4.78, 5) is 0. The van der Waals surface area contributed by atoms with Crippen molar-refractivity contribution in [2.75, 3.05) is 0 Å². The predicted octanol–water partition coefficient (Wildman–Crippen LogP) is 4.55. The zero-order chi connectivity index (χ0) is 15.7. The van der Waals surface area contributed by atoms with E-state index < -0.39 is 24.2 Å². The average Bonchev–Trinajstić information content (AvgIpc) is 2.37. The summed E-state index contributed by atoms with van der Waals surface area (Å²) in [6, 6.07) is 7.87. The molecule has 0 saturated carbocycles. The Morgan fingerprint density at radius 3 is 1.95 bits per heavy atom. The number of halogens is 6. The zero-order valence-electron chi connectivity index (χ0n) is 10.4. The van der Waals surface area contributed by atoms with Crippen molar-refractivity contribution in [2.24, 2.45) is 0 Å². The van der Waals surface area contributed by atoms with E-state index in [1.807, 2.05) is 0 Å². The Hall–Kier alpha value is -2.12. The Labute approximate surface area is 116 Å². The van der Waals surface area contributed by atoms with Crippen molar-refractivity contribution in [3.8, 4) is 11.5 Å². The van der Waals surface area contributed by atoms with E-state index in [9.17, 15) is 26.1 Å². The second-order valence-electron chi connectivity index (χ2n) is 4.27. The quantitative estimate of drug-likeness (QED) is 0.597. The number of ether oxygens (including phenoxy) is 1. The van der Waals surface area contributed by atoms with Gasteiger partial charge in [0.2, 0.25) is 0 Å². The smallest absolute Gasteiger partial charge is 0.457 e. The van der Waals surface area contributed by atoms with Gasteiger partial charge < -0.3 is 17.7 Å². The van der Waals surface area contributed by atoms with E-state index in [-0.39, 0.29) is 11.5 Å². The van der Waals surface area contributed by atoms with Gasteiger partial charge in [0.15, 0.2) is 0 Å². The van der Waals surface area contributed by atoms with Gasteiger partial charge in [0.1, 0.15) is 11.5 Å². The summed E-state index contributed by atoms with van der Waals surface area (Å²) in [5, 5.41) is 0. The molecule has 1 nitrogen and oxygen atoms in total. The van der Waals surface area contributed by atoms with Crippen molar-refractivity contribution < 1.29 is 30.9 Å². The van der Waals surface area contributed by atoms with Crippen LogP contribution >= 0.6 is 0 Å². The van der Waals surface area contributed by atoms with E-state index in [1.165, 1.54) is 6.07 Å². The lowest BCUT2D eigenvalue weighted by Gasteiger charge is -2.15. The third kappa shape index (κ3) is 3.93. The maximum atomic E-state index is 12.5. The van der Waals surface area contributed by atoms with Crippen LogP contribution in [0.4, 0.5) is 26.1 Å². The molecule has 0 aliphatic rings. The highest BCUT2D eigenvalue weighted by Gasteiger charge is 2.30. The van der Waals surface area contributed by atoms with Crippen LogP contribution in [-0.4, -0.2) is 6.98 Å². The topological polar surface area (TPSA) is 9.23 Å². The molecular formula is C13H8BF6O-. The number of rotatable bonds is 3. The molecule has 0 N–H and O–H groups in total. The van der Waals surface area contributed by atoms with E-state index in [1.54, 1.807) is 0 Å². The molecule has 0 fully saturated rings. The van der Waals surface area contributed by atoms with Crippen LogP contribution in [0.15, 0.2) is 48.5 Å². The second-order valence-corrected chi connectivity index (χ2v) is 4.27. The van der Waals surface area contributed by atoms with Crippen molar-refractivity contribution in [1.82, 2.24) is 0 Å². The van der Waals surface area contributed by atoms with Crippen molar-refractivity contribution in [3.05, 3.63) is 54.1 Å². The van der Waals surface area contributed by atoms with E-state index in [2.05, 4.69) is 0 Å². The van der Waals surface area contributed by atoms with Crippen LogP contribution in [0.3, 0.4) is 0 Å². The Bertz CT molecular complexity index is 618. The Morgan fingerprint density at radius 2 is 1.43 bits per heavy atom. The number of benzene rings is 2. The first-order chi connectivity index (χ1) is 9.66. The molecule has 0 heterocycles. The van der Waals surface area contributed by atoms with Crippen LogP contribution in [0.1, 0.15) is 5.56 Å². The average molecular weight is 305 g/mol. The predicted molar refractivity (Wildman–Crippen MR) is 66.7 cm³/mol.